The lowest BCUT2D eigenvalue weighted by molar-refractivity contribution is 0.199. The molecule has 0 bridgehead atoms. The molecule has 1 aromatic rings. The van der Waals surface area contributed by atoms with E-state index in [-0.39, 0.29) is 6.10 Å². The van der Waals surface area contributed by atoms with Crippen LogP contribution in [0.25, 0.3) is 0 Å². The first-order valence-electron chi connectivity index (χ1n) is 6.07. The SMILES string of the molecule is CCN(CC(C)C)c1ccc([C@@H](C)O)cc1. The van der Waals surface area contributed by atoms with Crippen LogP contribution in [-0.4, -0.2) is 18.2 Å². The van der Waals surface area contributed by atoms with E-state index in [2.05, 4.69) is 37.8 Å². The van der Waals surface area contributed by atoms with Gasteiger partial charge in [0.2, 0.25) is 0 Å². The molecule has 1 N–H and O–H groups in total. The second-order valence-electron chi connectivity index (χ2n) is 4.70. The van der Waals surface area contributed by atoms with Crippen molar-refractivity contribution in [1.82, 2.24) is 0 Å². The number of benzene rings is 1. The molecule has 1 aromatic carbocycles. The third-order valence-corrected chi connectivity index (χ3v) is 2.71. The van der Waals surface area contributed by atoms with Crippen molar-refractivity contribution in [3.05, 3.63) is 29.8 Å². The molecule has 0 unspecified atom stereocenters. The van der Waals surface area contributed by atoms with Crippen LogP contribution >= 0.6 is 0 Å². The van der Waals surface area contributed by atoms with Crippen LogP contribution in [0.5, 0.6) is 0 Å². The molecule has 0 spiro atoms. The summed E-state index contributed by atoms with van der Waals surface area (Å²) >= 11 is 0. The van der Waals surface area contributed by atoms with Gasteiger partial charge in [0.15, 0.2) is 0 Å². The third-order valence-electron chi connectivity index (χ3n) is 2.71. The van der Waals surface area contributed by atoms with Crippen molar-refractivity contribution in [2.45, 2.75) is 33.8 Å². The summed E-state index contributed by atoms with van der Waals surface area (Å²) in [7, 11) is 0. The van der Waals surface area contributed by atoms with Crippen LogP contribution < -0.4 is 4.90 Å². The van der Waals surface area contributed by atoms with E-state index in [4.69, 9.17) is 0 Å². The van der Waals surface area contributed by atoms with Gasteiger partial charge in [-0.15, -0.1) is 0 Å². The Balaban J connectivity index is 2.78. The monoisotopic (exact) mass is 221 g/mol. The smallest absolute Gasteiger partial charge is 0.0761 e. The normalized spacial score (nSPS) is 12.9. The van der Waals surface area contributed by atoms with E-state index in [9.17, 15) is 5.11 Å². The predicted molar refractivity (Wildman–Crippen MR) is 69.8 cm³/mol. The predicted octanol–water partition coefficient (Wildman–Crippen LogP) is 3.22. The quantitative estimate of drug-likeness (QED) is 0.825. The average Bonchev–Trinajstić information content (AvgIpc) is 2.25. The molecule has 0 amide bonds. The number of nitrogens with zero attached hydrogens (tertiary/aromatic N) is 1. The van der Waals surface area contributed by atoms with Crippen LogP contribution in [0.2, 0.25) is 0 Å². The molecule has 0 aliphatic carbocycles. The van der Waals surface area contributed by atoms with Crippen LogP contribution in [0.3, 0.4) is 0 Å². The van der Waals surface area contributed by atoms with Gasteiger partial charge < -0.3 is 10.0 Å². The van der Waals surface area contributed by atoms with Gasteiger partial charge in [-0.1, -0.05) is 26.0 Å². The van der Waals surface area contributed by atoms with Crippen molar-refractivity contribution in [2.24, 2.45) is 5.92 Å². The lowest BCUT2D eigenvalue weighted by Crippen LogP contribution is -2.27. The van der Waals surface area contributed by atoms with Gasteiger partial charge in [-0.3, -0.25) is 0 Å². The van der Waals surface area contributed by atoms with E-state index in [1.165, 1.54) is 5.69 Å². The molecular formula is C14H23NO. The highest BCUT2D eigenvalue weighted by molar-refractivity contribution is 5.47. The standard InChI is InChI=1S/C14H23NO/c1-5-15(10-11(2)3)14-8-6-13(7-9-14)12(4)16/h6-9,11-12,16H,5,10H2,1-4H3/t12-/m1/s1. The molecule has 0 aliphatic heterocycles. The molecule has 16 heavy (non-hydrogen) atoms. The third kappa shape index (κ3) is 3.53. The Labute approximate surface area is 98.9 Å². The number of rotatable bonds is 5. The summed E-state index contributed by atoms with van der Waals surface area (Å²) in [4.78, 5) is 2.36. The topological polar surface area (TPSA) is 23.5 Å². The minimum atomic E-state index is -0.380. The zero-order chi connectivity index (χ0) is 12.1. The van der Waals surface area contributed by atoms with Crippen molar-refractivity contribution in [3.8, 4) is 0 Å². The summed E-state index contributed by atoms with van der Waals surface area (Å²) in [6.45, 7) is 10.5. The van der Waals surface area contributed by atoms with Crippen molar-refractivity contribution < 1.29 is 5.11 Å². The Morgan fingerprint density at radius 2 is 1.69 bits per heavy atom. The van der Waals surface area contributed by atoms with Gasteiger partial charge in [-0.25, -0.2) is 0 Å². The first-order chi connectivity index (χ1) is 7.54. The molecule has 0 fully saturated rings. The van der Waals surface area contributed by atoms with E-state index in [0.29, 0.717) is 5.92 Å². The highest BCUT2D eigenvalue weighted by Gasteiger charge is 2.07. The molecule has 2 nitrogen and oxygen atoms in total. The number of aliphatic hydroxyl groups is 1. The van der Waals surface area contributed by atoms with Gasteiger partial charge in [-0.2, -0.15) is 0 Å². The van der Waals surface area contributed by atoms with Crippen LogP contribution in [0.1, 0.15) is 39.4 Å². The fraction of sp³-hybridized carbons (Fsp3) is 0.571. The molecule has 2 heteroatoms. The molecule has 0 heterocycles. The van der Waals surface area contributed by atoms with Gasteiger partial charge >= 0.3 is 0 Å². The number of hydrogen-bond acceptors (Lipinski definition) is 2. The average molecular weight is 221 g/mol. The summed E-state index contributed by atoms with van der Waals surface area (Å²) in [6.07, 6.45) is -0.380. The van der Waals surface area contributed by atoms with Gasteiger partial charge in [-0.05, 0) is 37.5 Å². The van der Waals surface area contributed by atoms with Gasteiger partial charge in [0.25, 0.3) is 0 Å². The van der Waals surface area contributed by atoms with Crippen LogP contribution in [0.4, 0.5) is 5.69 Å². The Morgan fingerprint density at radius 1 is 1.12 bits per heavy atom. The van der Waals surface area contributed by atoms with E-state index in [1.807, 2.05) is 12.1 Å². The van der Waals surface area contributed by atoms with Crippen molar-refractivity contribution in [2.75, 3.05) is 18.0 Å². The van der Waals surface area contributed by atoms with E-state index < -0.39 is 0 Å². The fourth-order valence-corrected chi connectivity index (χ4v) is 1.82. The molecule has 0 aliphatic rings. The minimum Gasteiger partial charge on any atom is -0.389 e. The Bertz CT molecular complexity index is 303. The van der Waals surface area contributed by atoms with E-state index in [1.54, 1.807) is 6.92 Å². The second kappa shape index (κ2) is 5.90. The summed E-state index contributed by atoms with van der Waals surface area (Å²) in [5.41, 5.74) is 2.21. The molecule has 90 valence electrons. The first-order valence-corrected chi connectivity index (χ1v) is 6.07. The lowest BCUT2D eigenvalue weighted by atomic mass is 10.1. The molecule has 0 aromatic heterocycles. The molecule has 0 saturated heterocycles. The summed E-state index contributed by atoms with van der Waals surface area (Å²) in [5, 5.41) is 9.44. The highest BCUT2D eigenvalue weighted by atomic mass is 16.3. The first kappa shape index (κ1) is 13.0. The van der Waals surface area contributed by atoms with Gasteiger partial charge in [0, 0.05) is 18.8 Å². The van der Waals surface area contributed by atoms with Gasteiger partial charge in [0.05, 0.1) is 6.10 Å². The van der Waals surface area contributed by atoms with E-state index in [0.717, 1.165) is 18.7 Å². The number of aliphatic hydroxyl groups excluding tert-OH is 1. The maximum atomic E-state index is 9.44. The summed E-state index contributed by atoms with van der Waals surface area (Å²) < 4.78 is 0. The minimum absolute atomic E-state index is 0.380. The number of anilines is 1. The van der Waals surface area contributed by atoms with Crippen molar-refractivity contribution in [3.63, 3.8) is 0 Å². The van der Waals surface area contributed by atoms with Crippen LogP contribution in [0.15, 0.2) is 24.3 Å². The zero-order valence-corrected chi connectivity index (χ0v) is 10.8. The molecule has 0 radical (unpaired) electrons. The Kier molecular flexibility index (Phi) is 4.81. The van der Waals surface area contributed by atoms with Crippen molar-refractivity contribution >= 4 is 5.69 Å². The van der Waals surface area contributed by atoms with Gasteiger partial charge in [0.1, 0.15) is 0 Å². The number of hydrogen-bond donors (Lipinski definition) is 1. The molecule has 1 rings (SSSR count). The summed E-state index contributed by atoms with van der Waals surface area (Å²) in [6, 6.07) is 8.19. The van der Waals surface area contributed by atoms with Crippen LogP contribution in [-0.2, 0) is 0 Å². The van der Waals surface area contributed by atoms with E-state index >= 15 is 0 Å². The Hall–Kier alpha value is -1.02. The zero-order valence-electron chi connectivity index (χ0n) is 10.8. The molecule has 1 atom stereocenters. The Morgan fingerprint density at radius 3 is 2.06 bits per heavy atom. The second-order valence-corrected chi connectivity index (χ2v) is 4.70. The maximum absolute atomic E-state index is 9.44. The largest absolute Gasteiger partial charge is 0.389 e. The molecular weight excluding hydrogens is 198 g/mol. The van der Waals surface area contributed by atoms with Crippen molar-refractivity contribution in [1.29, 1.82) is 0 Å². The molecule has 0 saturated carbocycles. The van der Waals surface area contributed by atoms with Crippen LogP contribution in [0, 0.1) is 5.92 Å². The lowest BCUT2D eigenvalue weighted by Gasteiger charge is -2.25. The maximum Gasteiger partial charge on any atom is 0.0761 e. The fourth-order valence-electron chi connectivity index (χ4n) is 1.82. The summed E-state index contributed by atoms with van der Waals surface area (Å²) in [5.74, 6) is 0.663. The highest BCUT2D eigenvalue weighted by Crippen LogP contribution is 2.19.